The zero-order valence-electron chi connectivity index (χ0n) is 16.3. The number of H-pyrrole nitrogens is 1. The highest BCUT2D eigenvalue weighted by molar-refractivity contribution is 6.03. The third kappa shape index (κ3) is 1.91. The number of carbonyl (C=O) groups is 2. The summed E-state index contributed by atoms with van der Waals surface area (Å²) in [6.07, 6.45) is 3.35. The number of para-hydroxylation sites is 1. The summed E-state index contributed by atoms with van der Waals surface area (Å²) < 4.78 is 10.4. The Balaban J connectivity index is 1.76. The molecule has 6 nitrogen and oxygen atoms in total. The molecule has 4 bridgehead atoms. The summed E-state index contributed by atoms with van der Waals surface area (Å²) in [5.41, 5.74) is 3.33. The molecule has 1 aromatic carbocycles. The molecule has 6 rings (SSSR count). The molecule has 0 amide bonds. The van der Waals surface area contributed by atoms with E-state index < -0.39 is 17.4 Å². The van der Waals surface area contributed by atoms with Gasteiger partial charge in [-0.05, 0) is 31.4 Å². The lowest BCUT2D eigenvalue weighted by Gasteiger charge is -2.61. The molecule has 4 aliphatic rings. The zero-order valence-corrected chi connectivity index (χ0v) is 16.3. The lowest BCUT2D eigenvalue weighted by Crippen LogP contribution is -2.71. The van der Waals surface area contributed by atoms with E-state index in [4.69, 9.17) is 9.47 Å². The third-order valence-corrected chi connectivity index (χ3v) is 7.14. The SMILES string of the molecule is CC=C1CN2[C@@H]3C[C@H]1C(C(=O)OC)(C(=O)OC)[C@H]2Cc1c3[nH]c2ccccc12. The van der Waals surface area contributed by atoms with Gasteiger partial charge in [0.25, 0.3) is 0 Å². The number of rotatable bonds is 2. The first-order valence-corrected chi connectivity index (χ1v) is 9.75. The second-order valence-corrected chi connectivity index (χ2v) is 7.97. The molecular weight excluding hydrogens is 356 g/mol. The Bertz CT molecular complexity index is 1000. The molecule has 28 heavy (non-hydrogen) atoms. The number of esters is 2. The molecule has 4 atom stereocenters. The van der Waals surface area contributed by atoms with Crippen molar-refractivity contribution in [2.24, 2.45) is 11.3 Å². The van der Waals surface area contributed by atoms with Gasteiger partial charge in [0.05, 0.1) is 20.3 Å². The number of methoxy groups -OCH3 is 2. The normalized spacial score (nSPS) is 30.9. The van der Waals surface area contributed by atoms with Crippen LogP contribution < -0.4 is 0 Å². The first-order valence-electron chi connectivity index (χ1n) is 9.75. The van der Waals surface area contributed by atoms with Crippen molar-refractivity contribution in [3.05, 3.63) is 47.2 Å². The summed E-state index contributed by atoms with van der Waals surface area (Å²) in [5.74, 6) is -1.18. The molecule has 1 aromatic heterocycles. The highest BCUT2D eigenvalue weighted by Gasteiger charge is 2.69. The molecule has 1 N–H and O–H groups in total. The number of aromatic amines is 1. The number of carbonyl (C=O) groups excluding carboxylic acids is 2. The van der Waals surface area contributed by atoms with E-state index in [2.05, 4.69) is 22.0 Å². The van der Waals surface area contributed by atoms with Crippen LogP contribution in [0.1, 0.15) is 30.6 Å². The van der Waals surface area contributed by atoms with Crippen molar-refractivity contribution in [1.29, 1.82) is 0 Å². The first-order chi connectivity index (χ1) is 13.6. The van der Waals surface area contributed by atoms with E-state index in [1.54, 1.807) is 0 Å². The number of ether oxygens (including phenoxy) is 2. The third-order valence-electron chi connectivity index (χ3n) is 7.14. The highest BCUT2D eigenvalue weighted by Crippen LogP contribution is 2.60. The number of benzene rings is 1. The number of allylic oxidation sites excluding steroid dienone is 1. The zero-order chi connectivity index (χ0) is 19.6. The maximum Gasteiger partial charge on any atom is 0.325 e. The van der Waals surface area contributed by atoms with E-state index in [1.807, 2.05) is 25.1 Å². The van der Waals surface area contributed by atoms with Gasteiger partial charge in [-0.15, -0.1) is 0 Å². The Morgan fingerprint density at radius 1 is 1.21 bits per heavy atom. The lowest BCUT2D eigenvalue weighted by molar-refractivity contribution is -0.193. The molecular formula is C22H24N2O4. The maximum absolute atomic E-state index is 13.2. The molecule has 6 heteroatoms. The van der Waals surface area contributed by atoms with Gasteiger partial charge >= 0.3 is 11.9 Å². The lowest BCUT2D eigenvalue weighted by atomic mass is 9.55. The summed E-state index contributed by atoms with van der Waals surface area (Å²) in [7, 11) is 2.72. The number of nitrogens with one attached hydrogen (secondary N) is 1. The molecule has 3 fully saturated rings. The van der Waals surface area contributed by atoms with Crippen LogP contribution in [0, 0.1) is 11.3 Å². The van der Waals surface area contributed by atoms with Gasteiger partial charge in [-0.1, -0.05) is 29.8 Å². The second-order valence-electron chi connectivity index (χ2n) is 7.97. The van der Waals surface area contributed by atoms with Crippen molar-refractivity contribution in [3.63, 3.8) is 0 Å². The van der Waals surface area contributed by atoms with Gasteiger partial charge in [-0.3, -0.25) is 14.5 Å². The van der Waals surface area contributed by atoms with E-state index in [-0.39, 0.29) is 18.0 Å². The van der Waals surface area contributed by atoms with Crippen molar-refractivity contribution in [1.82, 2.24) is 9.88 Å². The fourth-order valence-corrected chi connectivity index (χ4v) is 5.99. The highest BCUT2D eigenvalue weighted by atomic mass is 16.5. The maximum atomic E-state index is 13.2. The number of fused-ring (bicyclic) bond motifs is 4. The van der Waals surface area contributed by atoms with Crippen LogP contribution in [-0.2, 0) is 25.5 Å². The Morgan fingerprint density at radius 3 is 2.61 bits per heavy atom. The Morgan fingerprint density at radius 2 is 1.93 bits per heavy atom. The minimum Gasteiger partial charge on any atom is -0.468 e. The predicted octanol–water partition coefficient (Wildman–Crippen LogP) is 2.75. The summed E-state index contributed by atoms with van der Waals surface area (Å²) in [6.45, 7) is 2.74. The van der Waals surface area contributed by atoms with Crippen LogP contribution in [0.3, 0.4) is 0 Å². The van der Waals surface area contributed by atoms with Crippen molar-refractivity contribution in [3.8, 4) is 0 Å². The van der Waals surface area contributed by atoms with Crippen LogP contribution in [0.15, 0.2) is 35.9 Å². The van der Waals surface area contributed by atoms with E-state index in [1.165, 1.54) is 30.9 Å². The fraction of sp³-hybridized carbons (Fsp3) is 0.455. The monoisotopic (exact) mass is 380 g/mol. The van der Waals surface area contributed by atoms with Crippen LogP contribution >= 0.6 is 0 Å². The minimum atomic E-state index is -1.32. The number of hydrogen-bond acceptors (Lipinski definition) is 5. The van der Waals surface area contributed by atoms with Crippen molar-refractivity contribution >= 4 is 22.8 Å². The van der Waals surface area contributed by atoms with Crippen molar-refractivity contribution in [2.45, 2.75) is 31.8 Å². The van der Waals surface area contributed by atoms with Gasteiger partial charge in [0.1, 0.15) is 0 Å². The van der Waals surface area contributed by atoms with E-state index in [9.17, 15) is 9.59 Å². The fourth-order valence-electron chi connectivity index (χ4n) is 5.99. The van der Waals surface area contributed by atoms with Gasteiger partial charge in [-0.25, -0.2) is 0 Å². The molecule has 0 saturated carbocycles. The molecule has 5 heterocycles. The number of hydrogen-bond donors (Lipinski definition) is 1. The van der Waals surface area contributed by atoms with Gasteiger partial charge in [0, 0.05) is 35.1 Å². The number of piperidine rings is 3. The Kier molecular flexibility index (Phi) is 3.72. The molecule has 146 valence electrons. The van der Waals surface area contributed by atoms with Crippen LogP contribution in [0.2, 0.25) is 0 Å². The van der Waals surface area contributed by atoms with E-state index in [0.717, 1.165) is 17.6 Å². The van der Waals surface area contributed by atoms with E-state index in [0.29, 0.717) is 12.8 Å². The molecule has 0 radical (unpaired) electrons. The van der Waals surface area contributed by atoms with Gasteiger partial charge in [0.15, 0.2) is 5.41 Å². The summed E-state index contributed by atoms with van der Waals surface area (Å²) in [6, 6.07) is 8.13. The van der Waals surface area contributed by atoms with E-state index >= 15 is 0 Å². The van der Waals surface area contributed by atoms with Crippen molar-refractivity contribution < 1.29 is 19.1 Å². The molecule has 4 aliphatic heterocycles. The van der Waals surface area contributed by atoms with Crippen LogP contribution in [-0.4, -0.2) is 48.6 Å². The number of aromatic nitrogens is 1. The average Bonchev–Trinajstić information content (AvgIpc) is 3.11. The van der Waals surface area contributed by atoms with Crippen molar-refractivity contribution in [2.75, 3.05) is 20.8 Å². The summed E-state index contributed by atoms with van der Waals surface area (Å²) in [5, 5.41) is 1.17. The van der Waals surface area contributed by atoms with Gasteiger partial charge in [0.2, 0.25) is 0 Å². The van der Waals surface area contributed by atoms with Crippen LogP contribution in [0.25, 0.3) is 10.9 Å². The molecule has 3 saturated heterocycles. The quantitative estimate of drug-likeness (QED) is 0.493. The van der Waals surface area contributed by atoms with Crippen LogP contribution in [0.5, 0.6) is 0 Å². The topological polar surface area (TPSA) is 71.6 Å². The Hall–Kier alpha value is -2.60. The molecule has 0 aliphatic carbocycles. The van der Waals surface area contributed by atoms with Crippen LogP contribution in [0.4, 0.5) is 0 Å². The standard InChI is InChI=1S/C22H24N2O4/c1-4-12-11-24-17-10-15(12)22(20(25)27-2,21(26)28-3)18(24)9-14-13-7-5-6-8-16(13)23-19(14)17/h4-8,15,17-18,23H,9-11H2,1-3H3/t15-,17-,18-/m1/s1. The predicted molar refractivity (Wildman–Crippen MR) is 104 cm³/mol. The smallest absolute Gasteiger partial charge is 0.325 e. The minimum absolute atomic E-state index is 0.164. The second kappa shape index (κ2) is 5.95. The first kappa shape index (κ1) is 17.5. The van der Waals surface area contributed by atoms with Gasteiger partial charge in [-0.2, -0.15) is 0 Å². The van der Waals surface area contributed by atoms with Gasteiger partial charge < -0.3 is 14.5 Å². The summed E-state index contributed by atoms with van der Waals surface area (Å²) in [4.78, 5) is 32.3. The Labute approximate surface area is 163 Å². The molecule has 2 aromatic rings. The largest absolute Gasteiger partial charge is 0.468 e. The average molecular weight is 380 g/mol. The number of nitrogens with zero attached hydrogens (tertiary/aromatic N) is 1. The molecule has 0 spiro atoms. The summed E-state index contributed by atoms with van der Waals surface area (Å²) >= 11 is 0. The molecule has 1 unspecified atom stereocenters.